The van der Waals surface area contributed by atoms with Crippen LogP contribution in [-0.4, -0.2) is 36.8 Å². The molecule has 1 fully saturated rings. The summed E-state index contributed by atoms with van der Waals surface area (Å²) in [4.78, 5) is 2.19. The molecule has 1 N–H and O–H groups in total. The monoisotopic (exact) mass is 154 g/mol. The molecule has 0 aliphatic carbocycles. The lowest BCUT2D eigenvalue weighted by Crippen LogP contribution is -2.39. The maximum Gasteiger partial charge on any atom is 0.0828 e. The second-order valence-electron chi connectivity index (χ2n) is 3.35. The fraction of sp³-hybridized carbons (Fsp3) is 0.875. The van der Waals surface area contributed by atoms with Crippen molar-refractivity contribution in [3.8, 4) is 6.07 Å². The van der Waals surface area contributed by atoms with Crippen molar-refractivity contribution >= 4 is 0 Å². The molecule has 1 heterocycles. The van der Waals surface area contributed by atoms with Crippen LogP contribution in [0.3, 0.4) is 0 Å². The van der Waals surface area contributed by atoms with E-state index in [2.05, 4.69) is 11.0 Å². The van der Waals surface area contributed by atoms with Gasteiger partial charge in [-0.3, -0.25) is 0 Å². The highest BCUT2D eigenvalue weighted by atomic mass is 16.3. The average molecular weight is 154 g/mol. The normalized spacial score (nSPS) is 24.5. The highest BCUT2D eigenvalue weighted by molar-refractivity contribution is 5.01. The van der Waals surface area contributed by atoms with Crippen LogP contribution in [0.2, 0.25) is 0 Å². The summed E-state index contributed by atoms with van der Waals surface area (Å²) in [5, 5.41) is 17.8. The van der Waals surface area contributed by atoms with Gasteiger partial charge in [0, 0.05) is 0 Å². The van der Waals surface area contributed by atoms with Crippen LogP contribution in [0.4, 0.5) is 0 Å². The van der Waals surface area contributed by atoms with Gasteiger partial charge in [0.15, 0.2) is 0 Å². The van der Waals surface area contributed by atoms with Gasteiger partial charge in [0.05, 0.1) is 18.1 Å². The Hall–Kier alpha value is -0.590. The first-order chi connectivity index (χ1) is 5.22. The van der Waals surface area contributed by atoms with Gasteiger partial charge in [-0.2, -0.15) is 5.26 Å². The van der Waals surface area contributed by atoms with Crippen LogP contribution in [-0.2, 0) is 0 Å². The number of nitriles is 1. The third kappa shape index (κ3) is 1.70. The van der Waals surface area contributed by atoms with E-state index in [1.807, 2.05) is 7.05 Å². The molecule has 0 aromatic carbocycles. The zero-order valence-electron chi connectivity index (χ0n) is 6.88. The maximum absolute atomic E-state index is 8.99. The number of likely N-dealkylation sites (tertiary alicyclic amines) is 1. The van der Waals surface area contributed by atoms with Crippen LogP contribution in [0, 0.1) is 16.7 Å². The topological polar surface area (TPSA) is 47.3 Å². The van der Waals surface area contributed by atoms with Gasteiger partial charge in [-0.25, -0.2) is 0 Å². The first-order valence-corrected chi connectivity index (χ1v) is 3.93. The molecular weight excluding hydrogens is 140 g/mol. The summed E-state index contributed by atoms with van der Waals surface area (Å²) in [5.74, 6) is 0. The zero-order valence-corrected chi connectivity index (χ0v) is 6.88. The van der Waals surface area contributed by atoms with Gasteiger partial charge in [-0.15, -0.1) is 0 Å². The fourth-order valence-electron chi connectivity index (χ4n) is 1.35. The van der Waals surface area contributed by atoms with E-state index in [1.54, 1.807) is 0 Å². The molecule has 1 saturated heterocycles. The molecule has 1 rings (SSSR count). The van der Waals surface area contributed by atoms with Crippen LogP contribution >= 0.6 is 0 Å². The predicted octanol–water partition coefficient (Wildman–Crippen LogP) is 0.214. The summed E-state index contributed by atoms with van der Waals surface area (Å²) in [6.07, 6.45) is 1.60. The molecule has 1 aliphatic heterocycles. The highest BCUT2D eigenvalue weighted by Gasteiger charge is 2.32. The van der Waals surface area contributed by atoms with Crippen molar-refractivity contribution in [2.45, 2.75) is 12.8 Å². The summed E-state index contributed by atoms with van der Waals surface area (Å²) in [5.41, 5.74) is -0.438. The zero-order chi connectivity index (χ0) is 8.32. The first-order valence-electron chi connectivity index (χ1n) is 3.93. The van der Waals surface area contributed by atoms with E-state index < -0.39 is 5.41 Å². The number of rotatable bonds is 1. The Morgan fingerprint density at radius 2 is 2.09 bits per heavy atom. The minimum Gasteiger partial charge on any atom is -0.395 e. The van der Waals surface area contributed by atoms with Crippen molar-refractivity contribution in [1.82, 2.24) is 4.90 Å². The molecule has 62 valence electrons. The summed E-state index contributed by atoms with van der Waals surface area (Å²) in [6.45, 7) is 1.86. The Balaban J connectivity index is 2.54. The van der Waals surface area contributed by atoms with E-state index in [0.29, 0.717) is 0 Å². The van der Waals surface area contributed by atoms with Gasteiger partial charge in [-0.1, -0.05) is 0 Å². The number of aliphatic hydroxyl groups is 1. The Kier molecular flexibility index (Phi) is 2.48. The van der Waals surface area contributed by atoms with Gasteiger partial charge < -0.3 is 10.0 Å². The van der Waals surface area contributed by atoms with E-state index in [0.717, 1.165) is 25.9 Å². The van der Waals surface area contributed by atoms with Crippen molar-refractivity contribution in [3.05, 3.63) is 0 Å². The van der Waals surface area contributed by atoms with Crippen molar-refractivity contribution in [2.24, 2.45) is 5.41 Å². The van der Waals surface area contributed by atoms with Gasteiger partial charge in [-0.05, 0) is 33.0 Å². The maximum atomic E-state index is 8.99. The molecule has 0 aromatic rings. The van der Waals surface area contributed by atoms with Crippen LogP contribution in [0.5, 0.6) is 0 Å². The van der Waals surface area contributed by atoms with Crippen LogP contribution in [0.1, 0.15) is 12.8 Å². The molecule has 0 atom stereocenters. The van der Waals surface area contributed by atoms with E-state index >= 15 is 0 Å². The highest BCUT2D eigenvalue weighted by Crippen LogP contribution is 2.29. The van der Waals surface area contributed by atoms with E-state index in [-0.39, 0.29) is 6.61 Å². The van der Waals surface area contributed by atoms with Crippen molar-refractivity contribution in [1.29, 1.82) is 5.26 Å². The largest absolute Gasteiger partial charge is 0.395 e. The smallest absolute Gasteiger partial charge is 0.0828 e. The lowest BCUT2D eigenvalue weighted by molar-refractivity contribution is 0.0979. The third-order valence-corrected chi connectivity index (χ3v) is 2.48. The summed E-state index contributed by atoms with van der Waals surface area (Å²) in [6, 6.07) is 2.21. The molecule has 0 amide bonds. The molecule has 0 aromatic heterocycles. The first kappa shape index (κ1) is 8.51. The molecular formula is C8H14N2O. The number of nitrogens with zero attached hydrogens (tertiary/aromatic N) is 2. The second-order valence-corrected chi connectivity index (χ2v) is 3.35. The van der Waals surface area contributed by atoms with Gasteiger partial charge >= 0.3 is 0 Å². The Morgan fingerprint density at radius 1 is 1.55 bits per heavy atom. The molecule has 11 heavy (non-hydrogen) atoms. The van der Waals surface area contributed by atoms with Crippen molar-refractivity contribution in [3.63, 3.8) is 0 Å². The van der Waals surface area contributed by atoms with E-state index in [9.17, 15) is 0 Å². The quantitative estimate of drug-likeness (QED) is 0.587. The van der Waals surface area contributed by atoms with E-state index in [1.165, 1.54) is 0 Å². The molecule has 0 spiro atoms. The van der Waals surface area contributed by atoms with Crippen LogP contribution in [0.15, 0.2) is 0 Å². The third-order valence-electron chi connectivity index (χ3n) is 2.48. The lowest BCUT2D eigenvalue weighted by atomic mass is 9.81. The SMILES string of the molecule is CN1CCC(C#N)(CO)CC1. The van der Waals surface area contributed by atoms with Crippen molar-refractivity contribution < 1.29 is 5.11 Å². The number of hydrogen-bond donors (Lipinski definition) is 1. The summed E-state index contributed by atoms with van der Waals surface area (Å²) in [7, 11) is 2.04. The van der Waals surface area contributed by atoms with Gasteiger partial charge in [0.2, 0.25) is 0 Å². The van der Waals surface area contributed by atoms with Gasteiger partial charge in [0.1, 0.15) is 0 Å². The molecule has 0 unspecified atom stereocenters. The Bertz CT molecular complexity index is 165. The fourth-order valence-corrected chi connectivity index (χ4v) is 1.35. The Labute approximate surface area is 67.2 Å². The molecule has 1 aliphatic rings. The molecule has 3 heteroatoms. The number of hydrogen-bond acceptors (Lipinski definition) is 3. The molecule has 0 radical (unpaired) electrons. The van der Waals surface area contributed by atoms with Crippen molar-refractivity contribution in [2.75, 3.05) is 26.7 Å². The molecule has 3 nitrogen and oxygen atoms in total. The average Bonchev–Trinajstić information content (AvgIpc) is 2.07. The number of aliphatic hydroxyl groups excluding tert-OH is 1. The van der Waals surface area contributed by atoms with Crippen LogP contribution in [0.25, 0.3) is 0 Å². The van der Waals surface area contributed by atoms with Crippen LogP contribution < -0.4 is 0 Å². The second kappa shape index (κ2) is 3.21. The molecule has 0 saturated carbocycles. The minimum absolute atomic E-state index is 0.0112. The van der Waals surface area contributed by atoms with E-state index in [4.69, 9.17) is 10.4 Å². The summed E-state index contributed by atoms with van der Waals surface area (Å²) >= 11 is 0. The summed E-state index contributed by atoms with van der Waals surface area (Å²) < 4.78 is 0. The Morgan fingerprint density at radius 3 is 2.45 bits per heavy atom. The lowest BCUT2D eigenvalue weighted by Gasteiger charge is -2.33. The molecule has 0 bridgehead atoms. The predicted molar refractivity (Wildman–Crippen MR) is 41.9 cm³/mol. The van der Waals surface area contributed by atoms with Gasteiger partial charge in [0.25, 0.3) is 0 Å². The minimum atomic E-state index is -0.438. The number of piperidine rings is 1. The standard InChI is InChI=1S/C8H14N2O/c1-10-4-2-8(6-9,7-11)3-5-10/h11H,2-5,7H2,1H3.